The second-order valence-electron chi connectivity index (χ2n) is 8.75. The number of likely N-dealkylation sites (tertiary alicyclic amines) is 1. The molecule has 1 aliphatic heterocycles. The molecule has 3 aromatic carbocycles. The van der Waals surface area contributed by atoms with E-state index in [1.54, 1.807) is 23.0 Å². The fraction of sp³-hybridized carbons (Fsp3) is 0.179. The van der Waals surface area contributed by atoms with E-state index in [1.807, 2.05) is 60.4 Å². The van der Waals surface area contributed by atoms with E-state index in [2.05, 4.69) is 10.4 Å². The van der Waals surface area contributed by atoms with E-state index >= 15 is 0 Å². The molecule has 35 heavy (non-hydrogen) atoms. The molecule has 1 N–H and O–H groups in total. The Labute approximate surface area is 203 Å². The van der Waals surface area contributed by atoms with Crippen molar-refractivity contribution in [2.24, 2.45) is 0 Å². The van der Waals surface area contributed by atoms with Crippen LogP contribution >= 0.6 is 0 Å². The second kappa shape index (κ2) is 9.54. The number of halogens is 1. The number of anilines is 1. The van der Waals surface area contributed by atoms with Gasteiger partial charge in [-0.2, -0.15) is 5.10 Å². The van der Waals surface area contributed by atoms with Crippen molar-refractivity contribution in [3.05, 3.63) is 102 Å². The van der Waals surface area contributed by atoms with Crippen molar-refractivity contribution in [2.75, 3.05) is 11.9 Å². The highest BCUT2D eigenvalue weighted by Gasteiger charge is 2.21. The van der Waals surface area contributed by atoms with Crippen molar-refractivity contribution in [3.8, 4) is 16.9 Å². The average molecular weight is 469 g/mol. The molecule has 7 heteroatoms. The van der Waals surface area contributed by atoms with E-state index < -0.39 is 0 Å². The molecule has 2 heterocycles. The van der Waals surface area contributed by atoms with E-state index in [0.29, 0.717) is 35.6 Å². The number of carbonyl (C=O) groups excluding carboxylic acids is 2. The summed E-state index contributed by atoms with van der Waals surface area (Å²) in [5.74, 6) is -0.480. The molecule has 0 saturated carbocycles. The number of hydrogen-bond acceptors (Lipinski definition) is 3. The fourth-order valence-electron chi connectivity index (χ4n) is 4.23. The van der Waals surface area contributed by atoms with Crippen LogP contribution in [0, 0.1) is 12.7 Å². The molecule has 1 fully saturated rings. The Hall–Kier alpha value is -4.26. The molecule has 2 amide bonds. The predicted octanol–water partition coefficient (Wildman–Crippen LogP) is 5.36. The predicted molar refractivity (Wildman–Crippen MR) is 133 cm³/mol. The van der Waals surface area contributed by atoms with Crippen molar-refractivity contribution in [1.29, 1.82) is 0 Å². The minimum Gasteiger partial charge on any atom is -0.338 e. The summed E-state index contributed by atoms with van der Waals surface area (Å²) in [5.41, 5.74) is 5.09. The summed E-state index contributed by atoms with van der Waals surface area (Å²) in [5, 5.41) is 7.63. The zero-order valence-corrected chi connectivity index (χ0v) is 19.4. The number of nitrogens with one attached hydrogen (secondary N) is 1. The van der Waals surface area contributed by atoms with Crippen LogP contribution in [0.25, 0.3) is 16.9 Å². The molecular weight excluding hydrogens is 443 g/mol. The van der Waals surface area contributed by atoms with E-state index in [-0.39, 0.29) is 17.6 Å². The zero-order chi connectivity index (χ0) is 24.4. The second-order valence-corrected chi connectivity index (χ2v) is 8.75. The lowest BCUT2D eigenvalue weighted by atomic mass is 10.1. The van der Waals surface area contributed by atoms with Crippen molar-refractivity contribution in [1.82, 2.24) is 14.7 Å². The van der Waals surface area contributed by atoms with Crippen LogP contribution in [0.2, 0.25) is 0 Å². The maximum Gasteiger partial charge on any atom is 0.259 e. The van der Waals surface area contributed by atoms with Gasteiger partial charge < -0.3 is 10.2 Å². The first-order chi connectivity index (χ1) is 17.0. The van der Waals surface area contributed by atoms with Crippen LogP contribution in [0.1, 0.15) is 34.3 Å². The summed E-state index contributed by atoms with van der Waals surface area (Å²) in [4.78, 5) is 27.2. The Balaban J connectivity index is 1.44. The highest BCUT2D eigenvalue weighted by atomic mass is 19.1. The zero-order valence-electron chi connectivity index (χ0n) is 19.4. The lowest BCUT2D eigenvalue weighted by Crippen LogP contribution is -2.23. The molecule has 0 unspecified atom stereocenters. The maximum atomic E-state index is 13.4. The molecule has 1 aliphatic rings. The van der Waals surface area contributed by atoms with Gasteiger partial charge in [0, 0.05) is 37.0 Å². The number of carbonyl (C=O) groups is 2. The number of aromatic nitrogens is 2. The SMILES string of the molecule is Cc1ccc(-c2nn(-c3ccc(F)cc3)cc2C(=O)Nc2cccc(CN3CCCC3=O)c2)cc1. The first kappa shape index (κ1) is 22.5. The molecule has 0 atom stereocenters. The smallest absolute Gasteiger partial charge is 0.259 e. The summed E-state index contributed by atoms with van der Waals surface area (Å²) in [6.07, 6.45) is 3.13. The summed E-state index contributed by atoms with van der Waals surface area (Å²) < 4.78 is 15.0. The van der Waals surface area contributed by atoms with E-state index in [1.165, 1.54) is 12.1 Å². The van der Waals surface area contributed by atoms with Crippen LogP contribution < -0.4 is 5.32 Å². The van der Waals surface area contributed by atoms with Crippen LogP contribution in [0.3, 0.4) is 0 Å². The van der Waals surface area contributed by atoms with E-state index in [9.17, 15) is 14.0 Å². The Kier molecular flexibility index (Phi) is 6.14. The lowest BCUT2D eigenvalue weighted by Gasteiger charge is -2.16. The highest BCUT2D eigenvalue weighted by Crippen LogP contribution is 2.26. The van der Waals surface area contributed by atoms with Gasteiger partial charge in [-0.05, 0) is 55.3 Å². The fourth-order valence-corrected chi connectivity index (χ4v) is 4.23. The molecule has 4 aromatic rings. The lowest BCUT2D eigenvalue weighted by molar-refractivity contribution is -0.128. The van der Waals surface area contributed by atoms with Crippen molar-refractivity contribution >= 4 is 17.5 Å². The highest BCUT2D eigenvalue weighted by molar-refractivity contribution is 6.08. The van der Waals surface area contributed by atoms with Gasteiger partial charge in [0.1, 0.15) is 11.5 Å². The largest absolute Gasteiger partial charge is 0.338 e. The van der Waals surface area contributed by atoms with Crippen LogP contribution in [0.5, 0.6) is 0 Å². The third kappa shape index (κ3) is 4.99. The molecule has 176 valence electrons. The molecular formula is C28H25FN4O2. The first-order valence-corrected chi connectivity index (χ1v) is 11.6. The molecule has 0 aliphatic carbocycles. The summed E-state index contributed by atoms with van der Waals surface area (Å²) in [6, 6.07) is 21.3. The Morgan fingerprint density at radius 1 is 1.06 bits per heavy atom. The van der Waals surface area contributed by atoms with Crippen LogP contribution in [-0.4, -0.2) is 33.0 Å². The van der Waals surface area contributed by atoms with Crippen molar-refractivity contribution in [3.63, 3.8) is 0 Å². The number of amides is 2. The van der Waals surface area contributed by atoms with Crippen LogP contribution in [0.15, 0.2) is 79.0 Å². The third-order valence-electron chi connectivity index (χ3n) is 6.10. The monoisotopic (exact) mass is 468 g/mol. The van der Waals surface area contributed by atoms with E-state index in [4.69, 9.17) is 0 Å². The van der Waals surface area contributed by atoms with Gasteiger partial charge in [0.2, 0.25) is 5.91 Å². The Morgan fingerprint density at radius 3 is 2.54 bits per heavy atom. The van der Waals surface area contributed by atoms with Gasteiger partial charge in [-0.15, -0.1) is 0 Å². The van der Waals surface area contributed by atoms with E-state index in [0.717, 1.165) is 29.7 Å². The molecule has 1 aromatic heterocycles. The number of benzene rings is 3. The quantitative estimate of drug-likeness (QED) is 0.414. The van der Waals surface area contributed by atoms with Gasteiger partial charge in [-0.25, -0.2) is 9.07 Å². The van der Waals surface area contributed by atoms with Crippen molar-refractivity contribution in [2.45, 2.75) is 26.3 Å². The van der Waals surface area contributed by atoms with Gasteiger partial charge >= 0.3 is 0 Å². The maximum absolute atomic E-state index is 13.4. The summed E-state index contributed by atoms with van der Waals surface area (Å²) in [6.45, 7) is 3.29. The normalized spacial score (nSPS) is 13.3. The Bertz CT molecular complexity index is 1380. The molecule has 5 rings (SSSR count). The number of nitrogens with zero attached hydrogens (tertiary/aromatic N) is 3. The van der Waals surface area contributed by atoms with Gasteiger partial charge in [0.25, 0.3) is 5.91 Å². The van der Waals surface area contributed by atoms with Gasteiger partial charge in [0.05, 0.1) is 11.3 Å². The van der Waals surface area contributed by atoms with Gasteiger partial charge in [-0.3, -0.25) is 9.59 Å². The van der Waals surface area contributed by atoms with Gasteiger partial charge in [-0.1, -0.05) is 42.0 Å². The molecule has 0 bridgehead atoms. The Morgan fingerprint density at radius 2 is 1.83 bits per heavy atom. The average Bonchev–Trinajstić information content (AvgIpc) is 3.47. The standard InChI is InChI=1S/C28H25FN4O2/c1-19-7-9-21(10-8-19)27-25(18-33(31-27)24-13-11-22(29)12-14-24)28(35)30-23-5-2-4-20(16-23)17-32-15-3-6-26(32)34/h2,4-5,7-14,16,18H,3,6,15,17H2,1H3,(H,30,35). The number of aryl methyl sites for hydroxylation is 1. The summed E-state index contributed by atoms with van der Waals surface area (Å²) >= 11 is 0. The van der Waals surface area contributed by atoms with Crippen molar-refractivity contribution < 1.29 is 14.0 Å². The number of hydrogen-bond donors (Lipinski definition) is 1. The molecule has 6 nitrogen and oxygen atoms in total. The topological polar surface area (TPSA) is 67.2 Å². The molecule has 0 spiro atoms. The van der Waals surface area contributed by atoms with Crippen LogP contribution in [-0.2, 0) is 11.3 Å². The van der Waals surface area contributed by atoms with Gasteiger partial charge in [0.15, 0.2) is 0 Å². The first-order valence-electron chi connectivity index (χ1n) is 11.6. The molecule has 1 saturated heterocycles. The summed E-state index contributed by atoms with van der Waals surface area (Å²) in [7, 11) is 0. The third-order valence-corrected chi connectivity index (χ3v) is 6.10. The molecule has 0 radical (unpaired) electrons. The van der Waals surface area contributed by atoms with Crippen LogP contribution in [0.4, 0.5) is 10.1 Å². The minimum absolute atomic E-state index is 0.162. The number of rotatable bonds is 6. The minimum atomic E-state index is -0.340.